The maximum Gasteiger partial charge on any atom is 0.375 e. The van der Waals surface area contributed by atoms with Gasteiger partial charge in [-0.2, -0.15) is 11.8 Å². The Morgan fingerprint density at radius 1 is 1.41 bits per heavy atom. The minimum atomic E-state index is -0.849. The molecule has 5 nitrogen and oxygen atoms in total. The average Bonchev–Trinajstić information content (AvgIpc) is 3.00. The van der Waals surface area contributed by atoms with Gasteiger partial charge in [0.25, 0.3) is 0 Å². The van der Waals surface area contributed by atoms with Gasteiger partial charge in [-0.25, -0.2) is 9.59 Å². The van der Waals surface area contributed by atoms with Crippen LogP contribution in [0.2, 0.25) is 0 Å². The molecule has 0 saturated carbocycles. The molecule has 1 aromatic heterocycles. The number of ether oxygens (including phenoxy) is 2. The number of thioether (sulfide) groups is 1. The lowest BCUT2D eigenvalue weighted by Gasteiger charge is -2.07. The summed E-state index contributed by atoms with van der Waals surface area (Å²) in [5.41, 5.74) is 1.44. The monoisotopic (exact) mass is 320 g/mol. The number of benzene rings is 1. The van der Waals surface area contributed by atoms with Crippen molar-refractivity contribution in [2.45, 2.75) is 31.3 Å². The van der Waals surface area contributed by atoms with E-state index in [4.69, 9.17) is 13.9 Å². The Balaban J connectivity index is 1.90. The van der Waals surface area contributed by atoms with Gasteiger partial charge in [-0.05, 0) is 19.2 Å². The van der Waals surface area contributed by atoms with Gasteiger partial charge < -0.3 is 13.9 Å². The summed E-state index contributed by atoms with van der Waals surface area (Å²) in [6.45, 7) is 1.77. The molecule has 1 aliphatic rings. The van der Waals surface area contributed by atoms with Crippen molar-refractivity contribution in [1.82, 2.24) is 0 Å². The van der Waals surface area contributed by atoms with Crippen molar-refractivity contribution < 1.29 is 23.5 Å². The fraction of sp³-hybridized carbons (Fsp3) is 0.375. The molecule has 1 aliphatic heterocycles. The van der Waals surface area contributed by atoms with Crippen LogP contribution in [0.25, 0.3) is 11.0 Å². The highest BCUT2D eigenvalue weighted by Crippen LogP contribution is 2.30. The Bertz CT molecular complexity index is 720. The van der Waals surface area contributed by atoms with Gasteiger partial charge in [0, 0.05) is 23.1 Å². The van der Waals surface area contributed by atoms with E-state index in [1.54, 1.807) is 18.7 Å². The van der Waals surface area contributed by atoms with Crippen molar-refractivity contribution in [2.75, 3.05) is 6.26 Å². The van der Waals surface area contributed by atoms with E-state index in [9.17, 15) is 9.59 Å². The Morgan fingerprint density at radius 3 is 2.86 bits per heavy atom. The second kappa shape index (κ2) is 6.04. The van der Waals surface area contributed by atoms with Crippen LogP contribution < -0.4 is 0 Å². The molecule has 3 rings (SSSR count). The van der Waals surface area contributed by atoms with E-state index >= 15 is 0 Å². The van der Waals surface area contributed by atoms with E-state index in [1.807, 2.05) is 30.5 Å². The largest absolute Gasteiger partial charge is 0.460 e. The van der Waals surface area contributed by atoms with Crippen LogP contribution in [0.4, 0.5) is 0 Å². The Labute approximate surface area is 131 Å². The molecule has 0 spiro atoms. The molecule has 0 bridgehead atoms. The molecule has 1 aromatic carbocycles. The standard InChI is InChI=1S/C16H16O5S/c1-9-7-13(15(17)19-9)21-16(18)14-11(8-22-2)10-5-3-4-6-12(10)20-14/h3-6,9,13H,7-8H2,1-2H3/t9-,13+/m0/s1. The molecule has 0 N–H and O–H groups in total. The smallest absolute Gasteiger partial charge is 0.375 e. The summed E-state index contributed by atoms with van der Waals surface area (Å²) >= 11 is 1.59. The number of hydrogen-bond donors (Lipinski definition) is 0. The van der Waals surface area contributed by atoms with E-state index in [0.717, 1.165) is 10.9 Å². The molecule has 0 amide bonds. The maximum absolute atomic E-state index is 12.4. The summed E-state index contributed by atoms with van der Waals surface area (Å²) in [6, 6.07) is 7.46. The van der Waals surface area contributed by atoms with Gasteiger partial charge in [0.15, 0.2) is 0 Å². The number of para-hydroxylation sites is 1. The van der Waals surface area contributed by atoms with Gasteiger partial charge >= 0.3 is 11.9 Å². The van der Waals surface area contributed by atoms with E-state index in [0.29, 0.717) is 17.8 Å². The highest BCUT2D eigenvalue weighted by molar-refractivity contribution is 7.97. The molecule has 0 aliphatic carbocycles. The highest BCUT2D eigenvalue weighted by Gasteiger charge is 2.36. The number of cyclic esters (lactones) is 1. The summed E-state index contributed by atoms with van der Waals surface area (Å²) < 4.78 is 15.9. The van der Waals surface area contributed by atoms with Crippen LogP contribution in [0, 0.1) is 0 Å². The first-order valence-electron chi connectivity index (χ1n) is 7.01. The fourth-order valence-corrected chi connectivity index (χ4v) is 3.13. The van der Waals surface area contributed by atoms with Gasteiger partial charge in [-0.1, -0.05) is 18.2 Å². The van der Waals surface area contributed by atoms with Gasteiger partial charge in [-0.3, -0.25) is 0 Å². The molecule has 0 radical (unpaired) electrons. The van der Waals surface area contributed by atoms with Crippen molar-refractivity contribution >= 4 is 34.7 Å². The molecule has 1 fully saturated rings. The van der Waals surface area contributed by atoms with Gasteiger partial charge in [-0.15, -0.1) is 0 Å². The van der Waals surface area contributed by atoms with Crippen LogP contribution >= 0.6 is 11.8 Å². The van der Waals surface area contributed by atoms with E-state index in [1.165, 1.54) is 0 Å². The van der Waals surface area contributed by atoms with Crippen LogP contribution in [-0.2, 0) is 20.0 Å². The van der Waals surface area contributed by atoms with Crippen LogP contribution in [-0.4, -0.2) is 30.4 Å². The predicted molar refractivity (Wildman–Crippen MR) is 82.8 cm³/mol. The third-order valence-electron chi connectivity index (χ3n) is 3.55. The van der Waals surface area contributed by atoms with Gasteiger partial charge in [0.1, 0.15) is 11.7 Å². The normalized spacial score (nSPS) is 21.1. The molecule has 116 valence electrons. The molecular weight excluding hydrogens is 304 g/mol. The summed E-state index contributed by atoms with van der Waals surface area (Å²) in [5.74, 6) is -0.310. The lowest BCUT2D eigenvalue weighted by Crippen LogP contribution is -2.23. The molecule has 22 heavy (non-hydrogen) atoms. The zero-order chi connectivity index (χ0) is 15.7. The number of carbonyl (C=O) groups is 2. The van der Waals surface area contributed by atoms with E-state index in [2.05, 4.69) is 0 Å². The zero-order valence-electron chi connectivity index (χ0n) is 12.3. The first-order chi connectivity index (χ1) is 10.6. The molecular formula is C16H16O5S. The first-order valence-corrected chi connectivity index (χ1v) is 8.40. The second-order valence-corrected chi connectivity index (χ2v) is 6.08. The fourth-order valence-electron chi connectivity index (χ4n) is 2.55. The molecule has 2 aromatic rings. The van der Waals surface area contributed by atoms with Crippen LogP contribution in [0.15, 0.2) is 28.7 Å². The van der Waals surface area contributed by atoms with Crippen molar-refractivity contribution in [3.8, 4) is 0 Å². The minimum Gasteiger partial charge on any atom is -0.460 e. The quantitative estimate of drug-likeness (QED) is 0.806. The van der Waals surface area contributed by atoms with Crippen molar-refractivity contribution in [1.29, 1.82) is 0 Å². The summed E-state index contributed by atoms with van der Waals surface area (Å²) in [5, 5.41) is 0.895. The Kier molecular flexibility index (Phi) is 4.11. The number of carbonyl (C=O) groups excluding carboxylic acids is 2. The van der Waals surface area contributed by atoms with Crippen molar-refractivity contribution in [3.05, 3.63) is 35.6 Å². The highest BCUT2D eigenvalue weighted by atomic mass is 32.2. The lowest BCUT2D eigenvalue weighted by atomic mass is 10.1. The third kappa shape index (κ3) is 2.70. The zero-order valence-corrected chi connectivity index (χ0v) is 13.1. The van der Waals surface area contributed by atoms with Crippen LogP contribution in [0.3, 0.4) is 0 Å². The number of hydrogen-bond acceptors (Lipinski definition) is 6. The van der Waals surface area contributed by atoms with E-state index in [-0.39, 0.29) is 11.9 Å². The molecule has 2 atom stereocenters. The molecule has 0 unspecified atom stereocenters. The van der Waals surface area contributed by atoms with Crippen molar-refractivity contribution in [3.63, 3.8) is 0 Å². The lowest BCUT2D eigenvalue weighted by molar-refractivity contribution is -0.147. The number of furan rings is 1. The molecule has 2 heterocycles. The summed E-state index contributed by atoms with van der Waals surface area (Å²) in [7, 11) is 0. The van der Waals surface area contributed by atoms with Crippen molar-refractivity contribution in [2.24, 2.45) is 0 Å². The predicted octanol–water partition coefficient (Wildman–Crippen LogP) is 3.16. The third-order valence-corrected chi connectivity index (χ3v) is 4.13. The van der Waals surface area contributed by atoms with Crippen LogP contribution in [0.1, 0.15) is 29.5 Å². The Hall–Kier alpha value is -1.95. The Morgan fingerprint density at radius 2 is 2.18 bits per heavy atom. The van der Waals surface area contributed by atoms with E-state index < -0.39 is 18.0 Å². The molecule has 6 heteroatoms. The SMILES string of the molecule is CSCc1c(C(=O)O[C@@H]2C[C@H](C)OC2=O)oc2ccccc12. The number of esters is 2. The second-order valence-electron chi connectivity index (χ2n) is 5.22. The van der Waals surface area contributed by atoms with Gasteiger partial charge in [0.05, 0.1) is 0 Å². The first kappa shape index (κ1) is 15.0. The number of fused-ring (bicyclic) bond motifs is 1. The average molecular weight is 320 g/mol. The minimum absolute atomic E-state index is 0.169. The number of rotatable bonds is 4. The summed E-state index contributed by atoms with van der Waals surface area (Å²) in [4.78, 5) is 24.0. The maximum atomic E-state index is 12.4. The van der Waals surface area contributed by atoms with Gasteiger partial charge in [0.2, 0.25) is 11.9 Å². The topological polar surface area (TPSA) is 65.7 Å². The molecule has 1 saturated heterocycles. The van der Waals surface area contributed by atoms with Crippen LogP contribution in [0.5, 0.6) is 0 Å². The summed E-state index contributed by atoms with van der Waals surface area (Å²) in [6.07, 6.45) is 1.25.